The second-order valence-electron chi connectivity index (χ2n) is 4.15. The van der Waals surface area contributed by atoms with E-state index in [1.165, 1.54) is 19.4 Å². The molecule has 1 heterocycles. The Morgan fingerprint density at radius 2 is 2.05 bits per heavy atom. The van der Waals surface area contributed by atoms with Crippen LogP contribution in [0.1, 0.15) is 10.4 Å². The fourth-order valence-electron chi connectivity index (χ4n) is 1.77. The molecule has 110 valence electrons. The summed E-state index contributed by atoms with van der Waals surface area (Å²) < 4.78 is 10.4. The number of nitrogen functional groups attached to an aromatic ring is 1. The van der Waals surface area contributed by atoms with E-state index in [4.69, 9.17) is 20.3 Å². The summed E-state index contributed by atoms with van der Waals surface area (Å²) in [5.74, 6) is 0.433. The number of aromatic nitrogens is 1. The van der Waals surface area contributed by atoms with Crippen LogP contribution >= 0.6 is 0 Å². The number of carbonyl (C=O) groups is 1. The van der Waals surface area contributed by atoms with E-state index in [1.807, 2.05) is 0 Å². The van der Waals surface area contributed by atoms with Crippen molar-refractivity contribution in [2.45, 2.75) is 0 Å². The van der Waals surface area contributed by atoms with Crippen LogP contribution in [0.4, 0.5) is 17.2 Å². The van der Waals surface area contributed by atoms with E-state index in [-0.39, 0.29) is 11.3 Å². The summed E-state index contributed by atoms with van der Waals surface area (Å²) in [6, 6.07) is 6.56. The molecular formula is C14H15N3O4. The van der Waals surface area contributed by atoms with Crippen molar-refractivity contribution in [1.82, 2.24) is 4.98 Å². The molecule has 0 spiro atoms. The first kappa shape index (κ1) is 14.4. The minimum Gasteiger partial charge on any atom is -0.497 e. The monoisotopic (exact) mass is 289 g/mol. The van der Waals surface area contributed by atoms with Gasteiger partial charge in [-0.15, -0.1) is 0 Å². The standard InChI is InChI=1S/C14H15N3O4/c1-20-8-3-4-12(21-2)11(5-8)17-13-6-9(14(18)19)10(15)7-16-13/h3-7H,15H2,1-2H3,(H,16,17)(H,18,19). The fourth-order valence-corrected chi connectivity index (χ4v) is 1.77. The van der Waals surface area contributed by atoms with Crippen LogP contribution in [0.2, 0.25) is 0 Å². The van der Waals surface area contributed by atoms with Gasteiger partial charge in [0.05, 0.1) is 37.4 Å². The molecule has 1 aromatic heterocycles. The van der Waals surface area contributed by atoms with Crippen molar-refractivity contribution in [3.8, 4) is 11.5 Å². The van der Waals surface area contributed by atoms with E-state index in [2.05, 4.69) is 10.3 Å². The molecule has 2 rings (SSSR count). The van der Waals surface area contributed by atoms with Gasteiger partial charge in [0.25, 0.3) is 0 Å². The number of methoxy groups -OCH3 is 2. The summed E-state index contributed by atoms with van der Waals surface area (Å²) in [6.07, 6.45) is 1.29. The van der Waals surface area contributed by atoms with Crippen LogP contribution < -0.4 is 20.5 Å². The highest BCUT2D eigenvalue weighted by Gasteiger charge is 2.11. The lowest BCUT2D eigenvalue weighted by Crippen LogP contribution is -2.05. The molecule has 0 aliphatic carbocycles. The molecule has 2 aromatic rings. The smallest absolute Gasteiger partial charge is 0.337 e. The lowest BCUT2D eigenvalue weighted by Gasteiger charge is -2.12. The van der Waals surface area contributed by atoms with E-state index in [0.29, 0.717) is 23.0 Å². The van der Waals surface area contributed by atoms with Gasteiger partial charge in [0, 0.05) is 6.07 Å². The van der Waals surface area contributed by atoms with Gasteiger partial charge in [-0.3, -0.25) is 0 Å². The minimum absolute atomic E-state index is 0.0191. The Labute approximate surface area is 121 Å². The molecule has 0 amide bonds. The number of nitrogens with two attached hydrogens (primary N) is 1. The zero-order valence-electron chi connectivity index (χ0n) is 11.6. The molecule has 0 saturated carbocycles. The Morgan fingerprint density at radius 1 is 1.29 bits per heavy atom. The van der Waals surface area contributed by atoms with E-state index < -0.39 is 5.97 Å². The first-order valence-corrected chi connectivity index (χ1v) is 6.03. The van der Waals surface area contributed by atoms with Crippen LogP contribution in [0.5, 0.6) is 11.5 Å². The molecule has 0 fully saturated rings. The third-order valence-electron chi connectivity index (χ3n) is 2.83. The van der Waals surface area contributed by atoms with E-state index in [0.717, 1.165) is 0 Å². The third-order valence-corrected chi connectivity index (χ3v) is 2.83. The SMILES string of the molecule is COc1ccc(OC)c(Nc2cc(C(=O)O)c(N)cn2)c1. The summed E-state index contributed by atoms with van der Waals surface area (Å²) in [6.45, 7) is 0. The number of benzene rings is 1. The van der Waals surface area contributed by atoms with Crippen LogP contribution in [0.15, 0.2) is 30.5 Å². The second-order valence-corrected chi connectivity index (χ2v) is 4.15. The molecule has 1 aromatic carbocycles. The number of nitrogens with one attached hydrogen (secondary N) is 1. The third kappa shape index (κ3) is 3.14. The number of rotatable bonds is 5. The summed E-state index contributed by atoms with van der Waals surface area (Å²) in [5, 5.41) is 12.0. The fraction of sp³-hybridized carbons (Fsp3) is 0.143. The summed E-state index contributed by atoms with van der Waals surface area (Å²) in [4.78, 5) is 15.1. The highest BCUT2D eigenvalue weighted by molar-refractivity contribution is 5.94. The zero-order valence-corrected chi connectivity index (χ0v) is 11.6. The molecule has 7 heteroatoms. The average Bonchev–Trinajstić information content (AvgIpc) is 2.48. The highest BCUT2D eigenvalue weighted by Crippen LogP contribution is 2.31. The molecule has 0 saturated heterocycles. The average molecular weight is 289 g/mol. The topological polar surface area (TPSA) is 107 Å². The molecule has 7 nitrogen and oxygen atoms in total. The number of hydrogen-bond acceptors (Lipinski definition) is 6. The Hall–Kier alpha value is -2.96. The number of nitrogens with zero attached hydrogens (tertiary/aromatic N) is 1. The van der Waals surface area contributed by atoms with Gasteiger partial charge >= 0.3 is 5.97 Å². The Balaban J connectivity index is 2.37. The van der Waals surface area contributed by atoms with Gasteiger partial charge in [-0.05, 0) is 18.2 Å². The van der Waals surface area contributed by atoms with Gasteiger partial charge in [0.15, 0.2) is 0 Å². The van der Waals surface area contributed by atoms with Crippen LogP contribution in [0, 0.1) is 0 Å². The molecule has 0 unspecified atom stereocenters. The quantitative estimate of drug-likeness (QED) is 0.773. The molecule has 4 N–H and O–H groups in total. The number of pyridine rings is 1. The predicted molar refractivity (Wildman–Crippen MR) is 78.4 cm³/mol. The van der Waals surface area contributed by atoms with Crippen molar-refractivity contribution in [2.24, 2.45) is 0 Å². The van der Waals surface area contributed by atoms with Gasteiger partial charge in [-0.1, -0.05) is 0 Å². The Bertz CT molecular complexity index is 673. The van der Waals surface area contributed by atoms with Crippen molar-refractivity contribution >= 4 is 23.2 Å². The normalized spacial score (nSPS) is 10.0. The first-order valence-electron chi connectivity index (χ1n) is 6.03. The second kappa shape index (κ2) is 6.00. The largest absolute Gasteiger partial charge is 0.497 e. The maximum atomic E-state index is 11.1. The maximum Gasteiger partial charge on any atom is 0.337 e. The predicted octanol–water partition coefficient (Wildman–Crippen LogP) is 2.12. The van der Waals surface area contributed by atoms with Gasteiger partial charge in [0.1, 0.15) is 17.3 Å². The van der Waals surface area contributed by atoms with Gasteiger partial charge in [0.2, 0.25) is 0 Å². The van der Waals surface area contributed by atoms with Crippen LogP contribution in [0.3, 0.4) is 0 Å². The van der Waals surface area contributed by atoms with Crippen LogP contribution in [0.25, 0.3) is 0 Å². The summed E-state index contributed by atoms with van der Waals surface area (Å²) in [7, 11) is 3.08. The van der Waals surface area contributed by atoms with Crippen LogP contribution in [-0.2, 0) is 0 Å². The molecular weight excluding hydrogens is 274 g/mol. The number of anilines is 3. The van der Waals surface area contributed by atoms with Gasteiger partial charge < -0.3 is 25.6 Å². The Morgan fingerprint density at radius 3 is 2.67 bits per heavy atom. The summed E-state index contributed by atoms with van der Waals surface area (Å²) in [5.41, 5.74) is 6.26. The molecule has 0 aliphatic rings. The molecule has 21 heavy (non-hydrogen) atoms. The Kier molecular flexibility index (Phi) is 4.13. The highest BCUT2D eigenvalue weighted by atomic mass is 16.5. The molecule has 0 aliphatic heterocycles. The van der Waals surface area contributed by atoms with Crippen molar-refractivity contribution in [3.05, 3.63) is 36.0 Å². The van der Waals surface area contributed by atoms with Crippen molar-refractivity contribution in [3.63, 3.8) is 0 Å². The van der Waals surface area contributed by atoms with Crippen LogP contribution in [-0.4, -0.2) is 30.3 Å². The summed E-state index contributed by atoms with van der Waals surface area (Å²) >= 11 is 0. The number of carboxylic acid groups (broad SMARTS) is 1. The van der Waals surface area contributed by atoms with Crippen molar-refractivity contribution in [2.75, 3.05) is 25.3 Å². The molecule has 0 radical (unpaired) electrons. The number of aromatic carboxylic acids is 1. The van der Waals surface area contributed by atoms with Gasteiger partial charge in [-0.25, -0.2) is 9.78 Å². The lowest BCUT2D eigenvalue weighted by atomic mass is 10.2. The minimum atomic E-state index is -1.12. The van der Waals surface area contributed by atoms with E-state index in [1.54, 1.807) is 25.3 Å². The van der Waals surface area contributed by atoms with Crippen molar-refractivity contribution < 1.29 is 19.4 Å². The first-order chi connectivity index (χ1) is 10.0. The van der Waals surface area contributed by atoms with Gasteiger partial charge in [-0.2, -0.15) is 0 Å². The van der Waals surface area contributed by atoms with E-state index >= 15 is 0 Å². The number of hydrogen-bond donors (Lipinski definition) is 3. The maximum absolute atomic E-state index is 11.1. The van der Waals surface area contributed by atoms with E-state index in [9.17, 15) is 4.79 Å². The molecule has 0 atom stereocenters. The number of ether oxygens (including phenoxy) is 2. The number of carboxylic acids is 1. The van der Waals surface area contributed by atoms with Crippen molar-refractivity contribution in [1.29, 1.82) is 0 Å². The zero-order chi connectivity index (χ0) is 15.4. The lowest BCUT2D eigenvalue weighted by molar-refractivity contribution is 0.0698. The molecule has 0 bridgehead atoms.